The normalized spacial score (nSPS) is 15.4. The average Bonchev–Trinajstić information content (AvgIpc) is 3.41. The zero-order valence-corrected chi connectivity index (χ0v) is 16.5. The third-order valence-electron chi connectivity index (χ3n) is 4.88. The number of rotatable bonds is 5. The summed E-state index contributed by atoms with van der Waals surface area (Å²) in [5.74, 6) is 4.00. The Kier molecular flexibility index (Phi) is 5.80. The van der Waals surface area contributed by atoms with E-state index in [0.717, 1.165) is 17.9 Å². The Balaban J connectivity index is 1.43. The van der Waals surface area contributed by atoms with Crippen LogP contribution in [-0.4, -0.2) is 51.5 Å². The molecule has 0 unspecified atom stereocenters. The SMILES string of the molecule is C=CC(=O)N1CC[C@@H](Nc2ncnc3[nH]c(C#CCOc4cccc(F)c4F)cc23)C1. The molecule has 4 rings (SSSR count). The number of carbonyl (C=O) groups is 1. The first-order valence-electron chi connectivity index (χ1n) is 9.62. The van der Waals surface area contributed by atoms with Gasteiger partial charge < -0.3 is 19.9 Å². The first kappa shape index (κ1) is 20.3. The molecule has 9 heteroatoms. The molecule has 3 heterocycles. The maximum absolute atomic E-state index is 13.6. The molecular weight excluding hydrogens is 404 g/mol. The number of halogens is 2. The number of carbonyl (C=O) groups excluding carboxylic acids is 1. The van der Waals surface area contributed by atoms with Gasteiger partial charge in [-0.2, -0.15) is 4.39 Å². The molecule has 3 aromatic rings. The van der Waals surface area contributed by atoms with Crippen LogP contribution in [0.3, 0.4) is 0 Å². The highest BCUT2D eigenvalue weighted by molar-refractivity contribution is 5.89. The van der Waals surface area contributed by atoms with Crippen LogP contribution >= 0.6 is 0 Å². The van der Waals surface area contributed by atoms with Crippen molar-refractivity contribution in [3.05, 3.63) is 60.6 Å². The molecule has 31 heavy (non-hydrogen) atoms. The summed E-state index contributed by atoms with van der Waals surface area (Å²) >= 11 is 0. The lowest BCUT2D eigenvalue weighted by atomic mass is 10.2. The quantitative estimate of drug-likeness (QED) is 0.487. The number of ether oxygens (including phenoxy) is 1. The van der Waals surface area contributed by atoms with Crippen LogP contribution in [0, 0.1) is 23.5 Å². The van der Waals surface area contributed by atoms with Gasteiger partial charge in [0, 0.05) is 19.1 Å². The molecule has 0 aliphatic carbocycles. The molecule has 0 saturated carbocycles. The summed E-state index contributed by atoms with van der Waals surface area (Å²) in [4.78, 5) is 25.1. The number of amides is 1. The Bertz CT molecular complexity index is 1200. The third kappa shape index (κ3) is 4.48. The summed E-state index contributed by atoms with van der Waals surface area (Å²) in [6.07, 6.45) is 3.56. The van der Waals surface area contributed by atoms with Crippen molar-refractivity contribution < 1.29 is 18.3 Å². The topological polar surface area (TPSA) is 83.1 Å². The Morgan fingerprint density at radius 1 is 1.42 bits per heavy atom. The number of fused-ring (bicyclic) bond motifs is 1. The zero-order valence-electron chi connectivity index (χ0n) is 16.5. The van der Waals surface area contributed by atoms with Gasteiger partial charge in [0.25, 0.3) is 0 Å². The largest absolute Gasteiger partial charge is 0.478 e. The van der Waals surface area contributed by atoms with E-state index in [0.29, 0.717) is 30.2 Å². The van der Waals surface area contributed by atoms with Gasteiger partial charge in [-0.05, 0) is 36.6 Å². The van der Waals surface area contributed by atoms with E-state index in [1.165, 1.54) is 24.5 Å². The van der Waals surface area contributed by atoms with Crippen molar-refractivity contribution in [2.24, 2.45) is 0 Å². The third-order valence-corrected chi connectivity index (χ3v) is 4.88. The molecule has 1 saturated heterocycles. The molecule has 158 valence electrons. The van der Waals surface area contributed by atoms with E-state index in [-0.39, 0.29) is 24.3 Å². The number of nitrogens with zero attached hydrogens (tertiary/aromatic N) is 3. The second kappa shape index (κ2) is 8.83. The van der Waals surface area contributed by atoms with Gasteiger partial charge in [0.2, 0.25) is 11.7 Å². The van der Waals surface area contributed by atoms with Gasteiger partial charge in [-0.3, -0.25) is 4.79 Å². The van der Waals surface area contributed by atoms with E-state index < -0.39 is 11.6 Å². The number of aromatic amines is 1. The van der Waals surface area contributed by atoms with Gasteiger partial charge in [-0.15, -0.1) is 0 Å². The molecule has 0 radical (unpaired) electrons. The molecule has 1 aliphatic rings. The van der Waals surface area contributed by atoms with Crippen molar-refractivity contribution >= 4 is 22.8 Å². The minimum Gasteiger partial charge on any atom is -0.478 e. The van der Waals surface area contributed by atoms with Crippen molar-refractivity contribution in [2.45, 2.75) is 12.5 Å². The van der Waals surface area contributed by atoms with Crippen LogP contribution in [0.15, 0.2) is 43.2 Å². The van der Waals surface area contributed by atoms with Gasteiger partial charge in [0.1, 0.15) is 24.4 Å². The fourth-order valence-corrected chi connectivity index (χ4v) is 3.36. The van der Waals surface area contributed by atoms with Crippen molar-refractivity contribution in [3.63, 3.8) is 0 Å². The van der Waals surface area contributed by atoms with Gasteiger partial charge >= 0.3 is 0 Å². The number of anilines is 1. The van der Waals surface area contributed by atoms with Crippen LogP contribution in [0.4, 0.5) is 14.6 Å². The molecule has 0 spiro atoms. The van der Waals surface area contributed by atoms with Crippen LogP contribution in [0.2, 0.25) is 0 Å². The van der Waals surface area contributed by atoms with E-state index in [4.69, 9.17) is 4.74 Å². The van der Waals surface area contributed by atoms with Gasteiger partial charge in [0.05, 0.1) is 11.1 Å². The highest BCUT2D eigenvalue weighted by atomic mass is 19.2. The minimum absolute atomic E-state index is 0.0704. The van der Waals surface area contributed by atoms with Crippen molar-refractivity contribution in [2.75, 3.05) is 25.0 Å². The van der Waals surface area contributed by atoms with E-state index in [1.807, 2.05) is 0 Å². The minimum atomic E-state index is -1.04. The molecular formula is C22H19F2N5O2. The zero-order chi connectivity index (χ0) is 21.8. The molecule has 1 aromatic carbocycles. The summed E-state index contributed by atoms with van der Waals surface area (Å²) in [6.45, 7) is 4.64. The Labute approximate surface area is 177 Å². The smallest absolute Gasteiger partial charge is 0.246 e. The first-order chi connectivity index (χ1) is 15.0. The number of likely N-dealkylation sites (tertiary alicyclic amines) is 1. The number of nitrogens with one attached hydrogen (secondary N) is 2. The predicted octanol–water partition coefficient (Wildman–Crippen LogP) is 2.87. The highest BCUT2D eigenvalue weighted by Crippen LogP contribution is 2.23. The summed E-state index contributed by atoms with van der Waals surface area (Å²) in [7, 11) is 0. The summed E-state index contributed by atoms with van der Waals surface area (Å²) in [5, 5.41) is 4.12. The van der Waals surface area contributed by atoms with Crippen LogP contribution in [0.1, 0.15) is 12.1 Å². The van der Waals surface area contributed by atoms with Crippen LogP contribution < -0.4 is 10.1 Å². The van der Waals surface area contributed by atoms with E-state index in [2.05, 4.69) is 38.7 Å². The van der Waals surface area contributed by atoms with E-state index >= 15 is 0 Å². The number of aromatic nitrogens is 3. The second-order valence-corrected chi connectivity index (χ2v) is 6.93. The van der Waals surface area contributed by atoms with Crippen molar-refractivity contribution in [1.29, 1.82) is 0 Å². The second-order valence-electron chi connectivity index (χ2n) is 6.93. The number of hydrogen-bond donors (Lipinski definition) is 2. The van der Waals surface area contributed by atoms with Gasteiger partial charge in [-0.1, -0.05) is 18.6 Å². The molecule has 1 fully saturated rings. The first-order valence-corrected chi connectivity index (χ1v) is 9.62. The number of hydrogen-bond acceptors (Lipinski definition) is 5. The summed E-state index contributed by atoms with van der Waals surface area (Å²) in [5.41, 5.74) is 1.19. The van der Waals surface area contributed by atoms with Crippen LogP contribution in [0.25, 0.3) is 11.0 Å². The Morgan fingerprint density at radius 2 is 2.29 bits per heavy atom. The number of H-pyrrole nitrogens is 1. The standard InChI is InChI=1S/C22H19F2N5O2/c1-2-19(30)29-9-8-15(12-29)28-22-16-11-14(27-21(16)25-13-26-22)5-4-10-31-18-7-3-6-17(23)20(18)24/h2-3,6-7,11,13,15H,1,8-10,12H2,(H2,25,26,27,28)/t15-/m1/s1. The predicted molar refractivity (Wildman–Crippen MR) is 111 cm³/mol. The number of benzene rings is 1. The van der Waals surface area contributed by atoms with E-state index in [9.17, 15) is 13.6 Å². The molecule has 7 nitrogen and oxygen atoms in total. The molecule has 2 N–H and O–H groups in total. The Hall–Kier alpha value is -3.93. The van der Waals surface area contributed by atoms with E-state index in [1.54, 1.807) is 11.0 Å². The lowest BCUT2D eigenvalue weighted by Gasteiger charge is -2.15. The van der Waals surface area contributed by atoms with Gasteiger partial charge in [0.15, 0.2) is 11.6 Å². The van der Waals surface area contributed by atoms with Gasteiger partial charge in [-0.25, -0.2) is 14.4 Å². The average molecular weight is 423 g/mol. The Morgan fingerprint density at radius 3 is 3.13 bits per heavy atom. The summed E-state index contributed by atoms with van der Waals surface area (Å²) < 4.78 is 32.0. The van der Waals surface area contributed by atoms with Crippen LogP contribution in [-0.2, 0) is 4.79 Å². The van der Waals surface area contributed by atoms with Crippen LogP contribution in [0.5, 0.6) is 5.75 Å². The fraction of sp³-hybridized carbons (Fsp3) is 0.227. The fourth-order valence-electron chi connectivity index (χ4n) is 3.36. The van der Waals surface area contributed by atoms with Crippen molar-refractivity contribution in [3.8, 4) is 17.6 Å². The monoisotopic (exact) mass is 423 g/mol. The molecule has 0 bridgehead atoms. The summed E-state index contributed by atoms with van der Waals surface area (Å²) in [6, 6.07) is 5.59. The maximum atomic E-state index is 13.6. The molecule has 2 aromatic heterocycles. The maximum Gasteiger partial charge on any atom is 0.246 e. The lowest BCUT2D eigenvalue weighted by Crippen LogP contribution is -2.30. The molecule has 1 amide bonds. The molecule has 1 aliphatic heterocycles. The molecule has 1 atom stereocenters. The lowest BCUT2D eigenvalue weighted by molar-refractivity contribution is -0.125. The van der Waals surface area contributed by atoms with Crippen molar-refractivity contribution in [1.82, 2.24) is 19.9 Å². The highest BCUT2D eigenvalue weighted by Gasteiger charge is 2.25.